The Labute approximate surface area is 174 Å². The Morgan fingerprint density at radius 2 is 1.72 bits per heavy atom. The lowest BCUT2D eigenvalue weighted by Crippen LogP contribution is -2.16. The molecule has 1 N–H and O–H groups in total. The summed E-state index contributed by atoms with van der Waals surface area (Å²) in [6.45, 7) is 4.33. The maximum Gasteiger partial charge on any atom is 0.349 e. The molecule has 0 aliphatic carbocycles. The van der Waals surface area contributed by atoms with Gasteiger partial charge in [-0.1, -0.05) is 29.8 Å². The number of carbonyl (C=O) groups is 1. The number of aryl methyl sites for hydroxylation is 1. The predicted molar refractivity (Wildman–Crippen MR) is 114 cm³/mol. The summed E-state index contributed by atoms with van der Waals surface area (Å²) in [6.07, 6.45) is 0. The number of anilines is 1. The highest BCUT2D eigenvalue weighted by atomic mass is 32.2. The summed E-state index contributed by atoms with van der Waals surface area (Å²) < 4.78 is 39.2. The molecular formula is C21H21NO5S2. The minimum atomic E-state index is -4.05. The number of nitrogens with one attached hydrogen (secondary N) is 1. The van der Waals surface area contributed by atoms with E-state index in [-0.39, 0.29) is 9.77 Å². The number of thiophene rings is 1. The minimum Gasteiger partial charge on any atom is -0.494 e. The van der Waals surface area contributed by atoms with Crippen molar-refractivity contribution >= 4 is 33.0 Å². The second-order valence-corrected chi connectivity index (χ2v) is 8.73. The van der Waals surface area contributed by atoms with Crippen LogP contribution in [-0.4, -0.2) is 28.1 Å². The molecule has 0 radical (unpaired) electrons. The van der Waals surface area contributed by atoms with Gasteiger partial charge in [-0.15, -0.1) is 11.3 Å². The van der Waals surface area contributed by atoms with Crippen molar-refractivity contribution in [2.45, 2.75) is 18.7 Å². The van der Waals surface area contributed by atoms with Crippen LogP contribution in [0.2, 0.25) is 0 Å². The molecule has 0 fully saturated rings. The molecule has 0 aliphatic heterocycles. The summed E-state index contributed by atoms with van der Waals surface area (Å²) in [5, 5.41) is 1.66. The van der Waals surface area contributed by atoms with Gasteiger partial charge in [0.1, 0.15) is 15.5 Å². The SMILES string of the molecule is CCOc1ccc(NS(=O)(=O)c2c(-c3ccc(C)cc3)csc2C(=O)OC)cc1. The number of esters is 1. The molecule has 0 aliphatic rings. The molecule has 1 heterocycles. The van der Waals surface area contributed by atoms with Gasteiger partial charge in [-0.2, -0.15) is 0 Å². The molecular weight excluding hydrogens is 410 g/mol. The Kier molecular flexibility index (Phi) is 6.24. The fraction of sp³-hybridized carbons (Fsp3) is 0.190. The third-order valence-corrected chi connectivity index (χ3v) is 6.72. The molecule has 0 saturated heterocycles. The Balaban J connectivity index is 2.05. The molecule has 3 aromatic rings. The Bertz CT molecular complexity index is 1100. The first-order chi connectivity index (χ1) is 13.9. The highest BCUT2D eigenvalue weighted by Crippen LogP contribution is 2.37. The van der Waals surface area contributed by atoms with Crippen LogP contribution < -0.4 is 9.46 Å². The molecule has 0 spiro atoms. The Morgan fingerprint density at radius 1 is 1.07 bits per heavy atom. The van der Waals surface area contributed by atoms with Crippen molar-refractivity contribution in [2.75, 3.05) is 18.4 Å². The standard InChI is InChI=1S/C21H21NO5S2/c1-4-27-17-11-9-16(10-12-17)22-29(24,25)20-18(13-28-19(20)21(23)26-3)15-7-5-14(2)6-8-15/h5-13,22H,4H2,1-3H3. The van der Waals surface area contributed by atoms with Gasteiger partial charge in [-0.25, -0.2) is 13.2 Å². The van der Waals surface area contributed by atoms with E-state index in [9.17, 15) is 13.2 Å². The molecule has 8 heteroatoms. The van der Waals surface area contributed by atoms with Gasteiger partial charge < -0.3 is 9.47 Å². The van der Waals surface area contributed by atoms with E-state index in [0.29, 0.717) is 29.2 Å². The van der Waals surface area contributed by atoms with Gasteiger partial charge in [0.05, 0.1) is 13.7 Å². The Hall–Kier alpha value is -2.84. The predicted octanol–water partition coefficient (Wildman–Crippen LogP) is 4.71. The molecule has 0 amide bonds. The lowest BCUT2D eigenvalue weighted by atomic mass is 10.1. The summed E-state index contributed by atoms with van der Waals surface area (Å²) in [4.78, 5) is 12.2. The van der Waals surface area contributed by atoms with Crippen molar-refractivity contribution in [3.05, 3.63) is 64.4 Å². The van der Waals surface area contributed by atoms with Gasteiger partial charge in [-0.3, -0.25) is 4.72 Å². The summed E-state index contributed by atoms with van der Waals surface area (Å²) in [7, 11) is -2.82. The third-order valence-electron chi connectivity index (χ3n) is 4.17. The maximum atomic E-state index is 13.2. The van der Waals surface area contributed by atoms with E-state index >= 15 is 0 Å². The number of sulfonamides is 1. The van der Waals surface area contributed by atoms with Crippen LogP contribution >= 0.6 is 11.3 Å². The number of benzene rings is 2. The molecule has 152 valence electrons. The normalized spacial score (nSPS) is 11.1. The van der Waals surface area contributed by atoms with Crippen LogP contribution in [0.15, 0.2) is 58.8 Å². The Morgan fingerprint density at radius 3 is 2.31 bits per heavy atom. The highest BCUT2D eigenvalue weighted by molar-refractivity contribution is 7.93. The first-order valence-corrected chi connectivity index (χ1v) is 11.2. The van der Waals surface area contributed by atoms with Gasteiger partial charge in [0.15, 0.2) is 0 Å². The highest BCUT2D eigenvalue weighted by Gasteiger charge is 2.30. The largest absolute Gasteiger partial charge is 0.494 e. The van der Waals surface area contributed by atoms with Gasteiger partial charge in [0.2, 0.25) is 0 Å². The average Bonchev–Trinajstić information content (AvgIpc) is 3.16. The fourth-order valence-corrected chi connectivity index (χ4v) is 5.55. The fourth-order valence-electron chi connectivity index (χ4n) is 2.77. The second kappa shape index (κ2) is 8.67. The van der Waals surface area contributed by atoms with Crippen molar-refractivity contribution in [3.63, 3.8) is 0 Å². The number of carbonyl (C=O) groups excluding carboxylic acids is 1. The van der Waals surface area contributed by atoms with E-state index < -0.39 is 16.0 Å². The number of hydrogen-bond acceptors (Lipinski definition) is 6. The van der Waals surface area contributed by atoms with E-state index in [4.69, 9.17) is 9.47 Å². The van der Waals surface area contributed by atoms with Crippen molar-refractivity contribution in [1.29, 1.82) is 0 Å². The topological polar surface area (TPSA) is 81.7 Å². The molecule has 6 nitrogen and oxygen atoms in total. The van der Waals surface area contributed by atoms with Gasteiger partial charge >= 0.3 is 5.97 Å². The number of methoxy groups -OCH3 is 1. The molecule has 0 atom stereocenters. The van der Waals surface area contributed by atoms with E-state index in [2.05, 4.69) is 4.72 Å². The first kappa shape index (κ1) is 20.9. The monoisotopic (exact) mass is 431 g/mol. The molecule has 0 saturated carbocycles. The van der Waals surface area contributed by atoms with Crippen molar-refractivity contribution < 1.29 is 22.7 Å². The van der Waals surface area contributed by atoms with Gasteiger partial charge in [0.25, 0.3) is 10.0 Å². The smallest absolute Gasteiger partial charge is 0.349 e. The molecule has 0 unspecified atom stereocenters. The zero-order valence-electron chi connectivity index (χ0n) is 16.3. The van der Waals surface area contributed by atoms with Crippen LogP contribution in [-0.2, 0) is 14.8 Å². The maximum absolute atomic E-state index is 13.2. The average molecular weight is 432 g/mol. The van der Waals surface area contributed by atoms with Crippen LogP contribution in [0.5, 0.6) is 5.75 Å². The van der Waals surface area contributed by atoms with Crippen LogP contribution in [0.1, 0.15) is 22.2 Å². The van der Waals surface area contributed by atoms with E-state index in [1.165, 1.54) is 7.11 Å². The van der Waals surface area contributed by atoms with E-state index in [0.717, 1.165) is 16.9 Å². The quantitative estimate of drug-likeness (QED) is 0.548. The molecule has 29 heavy (non-hydrogen) atoms. The minimum absolute atomic E-state index is 0.0292. The number of ether oxygens (including phenoxy) is 2. The van der Waals surface area contributed by atoms with Gasteiger partial charge in [-0.05, 0) is 43.7 Å². The van der Waals surface area contributed by atoms with Gasteiger partial charge in [0, 0.05) is 16.6 Å². The lowest BCUT2D eigenvalue weighted by Gasteiger charge is -2.12. The number of hydrogen-bond donors (Lipinski definition) is 1. The zero-order valence-corrected chi connectivity index (χ0v) is 17.9. The molecule has 2 aromatic carbocycles. The molecule has 1 aromatic heterocycles. The first-order valence-electron chi connectivity index (χ1n) is 8.88. The lowest BCUT2D eigenvalue weighted by molar-refractivity contribution is 0.0602. The number of rotatable bonds is 7. The zero-order chi connectivity index (χ0) is 21.0. The van der Waals surface area contributed by atoms with E-state index in [1.54, 1.807) is 29.6 Å². The van der Waals surface area contributed by atoms with Crippen LogP contribution in [0.4, 0.5) is 5.69 Å². The van der Waals surface area contributed by atoms with Crippen LogP contribution in [0.25, 0.3) is 11.1 Å². The van der Waals surface area contributed by atoms with Crippen LogP contribution in [0.3, 0.4) is 0 Å². The van der Waals surface area contributed by atoms with Crippen molar-refractivity contribution in [1.82, 2.24) is 0 Å². The summed E-state index contributed by atoms with van der Waals surface area (Å²) in [5.41, 5.74) is 2.57. The summed E-state index contributed by atoms with van der Waals surface area (Å²) >= 11 is 1.04. The van der Waals surface area contributed by atoms with Crippen molar-refractivity contribution in [3.8, 4) is 16.9 Å². The van der Waals surface area contributed by atoms with Crippen molar-refractivity contribution in [2.24, 2.45) is 0 Å². The summed E-state index contributed by atoms with van der Waals surface area (Å²) in [6, 6.07) is 14.0. The third kappa shape index (κ3) is 4.60. The van der Waals surface area contributed by atoms with Crippen LogP contribution in [0, 0.1) is 6.92 Å². The summed E-state index contributed by atoms with van der Waals surface area (Å²) in [5.74, 6) is -0.0537. The molecule has 0 bridgehead atoms. The second-order valence-electron chi connectivity index (χ2n) is 6.23. The molecule has 3 rings (SSSR count). The van der Waals surface area contributed by atoms with E-state index in [1.807, 2.05) is 38.1 Å².